The Morgan fingerprint density at radius 2 is 2.00 bits per heavy atom. The SMILES string of the molecule is Cc1cccc(C(=O)N(C)CC(=O)N2CCC(O)CC2)c1Cl. The van der Waals surface area contributed by atoms with Crippen LogP contribution in [-0.2, 0) is 4.79 Å². The molecule has 1 aliphatic heterocycles. The number of aryl methyl sites for hydroxylation is 1. The molecule has 6 heteroatoms. The second-order valence-electron chi connectivity index (χ2n) is 5.71. The average molecular weight is 325 g/mol. The maximum atomic E-state index is 12.4. The zero-order valence-electron chi connectivity index (χ0n) is 12.9. The number of aliphatic hydroxyl groups is 1. The monoisotopic (exact) mass is 324 g/mol. The lowest BCUT2D eigenvalue weighted by Crippen LogP contribution is -2.45. The summed E-state index contributed by atoms with van der Waals surface area (Å²) >= 11 is 6.16. The van der Waals surface area contributed by atoms with Gasteiger partial charge in [-0.3, -0.25) is 9.59 Å². The van der Waals surface area contributed by atoms with Gasteiger partial charge in [0.25, 0.3) is 5.91 Å². The minimum Gasteiger partial charge on any atom is -0.393 e. The summed E-state index contributed by atoms with van der Waals surface area (Å²) in [6, 6.07) is 5.27. The lowest BCUT2D eigenvalue weighted by atomic mass is 10.1. The number of aliphatic hydroxyl groups excluding tert-OH is 1. The minimum atomic E-state index is -0.325. The molecule has 1 aromatic rings. The third-order valence-corrected chi connectivity index (χ3v) is 4.46. The predicted molar refractivity (Wildman–Crippen MR) is 85.0 cm³/mol. The second-order valence-corrected chi connectivity index (χ2v) is 6.09. The Hall–Kier alpha value is -1.59. The van der Waals surface area contributed by atoms with Crippen molar-refractivity contribution in [1.82, 2.24) is 9.80 Å². The number of likely N-dealkylation sites (tertiary alicyclic amines) is 1. The van der Waals surface area contributed by atoms with E-state index in [1.807, 2.05) is 13.0 Å². The van der Waals surface area contributed by atoms with Crippen LogP contribution in [0, 0.1) is 6.92 Å². The van der Waals surface area contributed by atoms with Gasteiger partial charge < -0.3 is 14.9 Å². The predicted octanol–water partition coefficient (Wildman–Crippen LogP) is 1.70. The molecule has 0 saturated carbocycles. The van der Waals surface area contributed by atoms with Crippen LogP contribution in [0.5, 0.6) is 0 Å². The van der Waals surface area contributed by atoms with Crippen LogP contribution in [0.1, 0.15) is 28.8 Å². The number of piperidine rings is 1. The fourth-order valence-corrected chi connectivity index (χ4v) is 2.71. The molecule has 0 radical (unpaired) electrons. The molecule has 0 aromatic heterocycles. The molecule has 1 aliphatic rings. The molecule has 1 fully saturated rings. The quantitative estimate of drug-likeness (QED) is 0.920. The number of carbonyl (C=O) groups is 2. The molecule has 1 N–H and O–H groups in total. The van der Waals surface area contributed by atoms with Crippen LogP contribution in [0.4, 0.5) is 0 Å². The normalized spacial score (nSPS) is 15.7. The Morgan fingerprint density at radius 1 is 1.36 bits per heavy atom. The number of likely N-dealkylation sites (N-methyl/N-ethyl adjacent to an activating group) is 1. The third kappa shape index (κ3) is 3.78. The summed E-state index contributed by atoms with van der Waals surface area (Å²) in [6.45, 7) is 2.92. The summed E-state index contributed by atoms with van der Waals surface area (Å²) < 4.78 is 0. The van der Waals surface area contributed by atoms with Crippen molar-refractivity contribution in [2.45, 2.75) is 25.9 Å². The van der Waals surface area contributed by atoms with E-state index in [0.29, 0.717) is 36.5 Å². The summed E-state index contributed by atoms with van der Waals surface area (Å²) in [4.78, 5) is 27.7. The van der Waals surface area contributed by atoms with Gasteiger partial charge in [0.1, 0.15) is 0 Å². The molecule has 2 rings (SSSR count). The summed E-state index contributed by atoms with van der Waals surface area (Å²) in [5.74, 6) is -0.370. The first-order valence-corrected chi connectivity index (χ1v) is 7.74. The number of benzene rings is 1. The molecule has 0 bridgehead atoms. The van der Waals surface area contributed by atoms with Gasteiger partial charge >= 0.3 is 0 Å². The van der Waals surface area contributed by atoms with Crippen molar-refractivity contribution in [1.29, 1.82) is 0 Å². The fourth-order valence-electron chi connectivity index (χ4n) is 2.51. The summed E-state index contributed by atoms with van der Waals surface area (Å²) in [7, 11) is 1.59. The van der Waals surface area contributed by atoms with E-state index >= 15 is 0 Å². The lowest BCUT2D eigenvalue weighted by molar-refractivity contribution is -0.133. The molecule has 5 nitrogen and oxygen atoms in total. The Morgan fingerprint density at radius 3 is 2.64 bits per heavy atom. The van der Waals surface area contributed by atoms with E-state index < -0.39 is 0 Å². The highest BCUT2D eigenvalue weighted by Gasteiger charge is 2.24. The van der Waals surface area contributed by atoms with Crippen LogP contribution in [0.2, 0.25) is 5.02 Å². The molecule has 0 spiro atoms. The molecular weight excluding hydrogens is 304 g/mol. The molecular formula is C16H21ClN2O3. The number of nitrogens with zero attached hydrogens (tertiary/aromatic N) is 2. The molecule has 1 aromatic carbocycles. The van der Waals surface area contributed by atoms with E-state index in [9.17, 15) is 14.7 Å². The van der Waals surface area contributed by atoms with Gasteiger partial charge in [0.15, 0.2) is 0 Å². The van der Waals surface area contributed by atoms with Crippen LogP contribution in [-0.4, -0.2) is 59.5 Å². The second kappa shape index (κ2) is 7.11. The Labute approximate surface area is 135 Å². The number of hydrogen-bond acceptors (Lipinski definition) is 3. The molecule has 2 amide bonds. The average Bonchev–Trinajstić information content (AvgIpc) is 2.50. The molecule has 22 heavy (non-hydrogen) atoms. The van der Waals surface area contributed by atoms with Crippen molar-refractivity contribution < 1.29 is 14.7 Å². The van der Waals surface area contributed by atoms with Gasteiger partial charge in [0.2, 0.25) is 5.91 Å². The zero-order chi connectivity index (χ0) is 16.3. The fraction of sp³-hybridized carbons (Fsp3) is 0.500. The number of halogens is 1. The van der Waals surface area contributed by atoms with Gasteiger partial charge in [0, 0.05) is 20.1 Å². The maximum absolute atomic E-state index is 12.4. The van der Waals surface area contributed by atoms with Crippen molar-refractivity contribution in [2.75, 3.05) is 26.7 Å². The van der Waals surface area contributed by atoms with Gasteiger partial charge in [0.05, 0.1) is 23.2 Å². The molecule has 120 valence electrons. The number of carbonyl (C=O) groups excluding carboxylic acids is 2. The smallest absolute Gasteiger partial charge is 0.255 e. The van der Waals surface area contributed by atoms with Crippen LogP contribution in [0.3, 0.4) is 0 Å². The van der Waals surface area contributed by atoms with Crippen molar-refractivity contribution in [3.63, 3.8) is 0 Å². The first-order chi connectivity index (χ1) is 10.4. The van der Waals surface area contributed by atoms with E-state index in [2.05, 4.69) is 0 Å². The maximum Gasteiger partial charge on any atom is 0.255 e. The van der Waals surface area contributed by atoms with E-state index in [4.69, 9.17) is 11.6 Å². The van der Waals surface area contributed by atoms with Crippen molar-refractivity contribution in [2.24, 2.45) is 0 Å². The van der Waals surface area contributed by atoms with Crippen LogP contribution >= 0.6 is 11.6 Å². The van der Waals surface area contributed by atoms with Gasteiger partial charge in [-0.2, -0.15) is 0 Å². The van der Waals surface area contributed by atoms with Gasteiger partial charge in [-0.1, -0.05) is 23.7 Å². The Kier molecular flexibility index (Phi) is 5.42. The van der Waals surface area contributed by atoms with Gasteiger partial charge in [-0.05, 0) is 31.4 Å². The Bertz CT molecular complexity index is 569. The molecule has 0 unspecified atom stereocenters. The van der Waals surface area contributed by atoms with Crippen molar-refractivity contribution in [3.8, 4) is 0 Å². The largest absolute Gasteiger partial charge is 0.393 e. The standard InChI is InChI=1S/C16H21ClN2O3/c1-11-4-3-5-13(15(11)17)16(22)18(2)10-14(21)19-8-6-12(20)7-9-19/h3-5,12,20H,6-10H2,1-2H3. The Balaban J connectivity index is 1.99. The molecule has 1 saturated heterocycles. The summed E-state index contributed by atoms with van der Waals surface area (Å²) in [5.41, 5.74) is 1.24. The van der Waals surface area contributed by atoms with Crippen LogP contribution in [0.25, 0.3) is 0 Å². The molecule has 0 atom stereocenters. The van der Waals surface area contributed by atoms with Crippen molar-refractivity contribution >= 4 is 23.4 Å². The van der Waals surface area contributed by atoms with Crippen LogP contribution in [0.15, 0.2) is 18.2 Å². The topological polar surface area (TPSA) is 60.9 Å². The summed E-state index contributed by atoms with van der Waals surface area (Å²) in [5, 5.41) is 9.89. The van der Waals surface area contributed by atoms with Gasteiger partial charge in [-0.15, -0.1) is 0 Å². The highest BCUT2D eigenvalue weighted by atomic mass is 35.5. The third-order valence-electron chi connectivity index (χ3n) is 3.96. The zero-order valence-corrected chi connectivity index (χ0v) is 13.6. The highest BCUT2D eigenvalue weighted by Crippen LogP contribution is 2.21. The van der Waals surface area contributed by atoms with E-state index in [1.165, 1.54) is 4.90 Å². The molecule has 0 aliphatic carbocycles. The number of hydrogen-bond donors (Lipinski definition) is 1. The van der Waals surface area contributed by atoms with Crippen molar-refractivity contribution in [3.05, 3.63) is 34.3 Å². The van der Waals surface area contributed by atoms with Crippen LogP contribution < -0.4 is 0 Å². The van der Waals surface area contributed by atoms with Gasteiger partial charge in [-0.25, -0.2) is 0 Å². The number of amides is 2. The minimum absolute atomic E-state index is 0.0131. The van der Waals surface area contributed by atoms with E-state index in [1.54, 1.807) is 24.1 Å². The molecule has 1 heterocycles. The first-order valence-electron chi connectivity index (χ1n) is 7.36. The highest BCUT2D eigenvalue weighted by molar-refractivity contribution is 6.34. The first kappa shape index (κ1) is 16.8. The number of rotatable bonds is 3. The van der Waals surface area contributed by atoms with E-state index in [0.717, 1.165) is 5.56 Å². The van der Waals surface area contributed by atoms with E-state index in [-0.39, 0.29) is 24.5 Å². The lowest BCUT2D eigenvalue weighted by Gasteiger charge is -2.31. The summed E-state index contributed by atoms with van der Waals surface area (Å²) in [6.07, 6.45) is 0.856.